The standard InChI is InChI=1S/C18H17Cl2N3O3/c1-21-18(25)15-9-23(13-7-2-3-8-14(13)26-15)10-16(24)22-12-6-4-5-11(19)17(12)20/h2-8,15H,9-10H2,1H3,(H,21,25)(H,22,24). The van der Waals surface area contributed by atoms with Crippen LogP contribution in [0.3, 0.4) is 0 Å². The van der Waals surface area contributed by atoms with Gasteiger partial charge in [0.15, 0.2) is 6.10 Å². The Kier molecular flexibility index (Phi) is 5.54. The number of carbonyl (C=O) groups is 2. The molecule has 0 spiro atoms. The summed E-state index contributed by atoms with van der Waals surface area (Å²) in [5, 5.41) is 5.97. The Morgan fingerprint density at radius 3 is 2.73 bits per heavy atom. The highest BCUT2D eigenvalue weighted by Gasteiger charge is 2.31. The molecule has 0 radical (unpaired) electrons. The van der Waals surface area contributed by atoms with E-state index in [-0.39, 0.29) is 29.9 Å². The van der Waals surface area contributed by atoms with Gasteiger partial charge in [-0.05, 0) is 24.3 Å². The molecule has 1 unspecified atom stereocenters. The number of amides is 2. The summed E-state index contributed by atoms with van der Waals surface area (Å²) in [6, 6.07) is 12.3. The summed E-state index contributed by atoms with van der Waals surface area (Å²) in [6.45, 7) is 0.296. The molecule has 1 aliphatic heterocycles. The van der Waals surface area contributed by atoms with Crippen molar-refractivity contribution in [3.05, 3.63) is 52.5 Å². The SMILES string of the molecule is CNC(=O)C1CN(CC(=O)Nc2cccc(Cl)c2Cl)c2ccccc2O1. The van der Waals surface area contributed by atoms with E-state index in [0.29, 0.717) is 16.5 Å². The van der Waals surface area contributed by atoms with Crippen molar-refractivity contribution in [3.63, 3.8) is 0 Å². The fourth-order valence-electron chi connectivity index (χ4n) is 2.72. The number of nitrogens with one attached hydrogen (secondary N) is 2. The minimum absolute atomic E-state index is 0.0384. The molecule has 1 atom stereocenters. The van der Waals surface area contributed by atoms with Crippen LogP contribution >= 0.6 is 23.2 Å². The molecule has 2 N–H and O–H groups in total. The molecule has 2 aromatic rings. The predicted molar refractivity (Wildman–Crippen MR) is 102 cm³/mol. The van der Waals surface area contributed by atoms with Crippen molar-refractivity contribution in [3.8, 4) is 5.75 Å². The predicted octanol–water partition coefficient (Wildman–Crippen LogP) is 2.95. The van der Waals surface area contributed by atoms with Gasteiger partial charge in [-0.15, -0.1) is 0 Å². The number of rotatable bonds is 4. The third-order valence-electron chi connectivity index (χ3n) is 3.96. The summed E-state index contributed by atoms with van der Waals surface area (Å²) in [4.78, 5) is 26.3. The molecule has 0 aromatic heterocycles. The molecule has 0 saturated carbocycles. The molecule has 0 saturated heterocycles. The maximum absolute atomic E-state index is 12.5. The monoisotopic (exact) mass is 393 g/mol. The lowest BCUT2D eigenvalue weighted by molar-refractivity contribution is -0.127. The lowest BCUT2D eigenvalue weighted by Gasteiger charge is -2.35. The number of benzene rings is 2. The van der Waals surface area contributed by atoms with Crippen molar-refractivity contribution in [1.29, 1.82) is 0 Å². The third-order valence-corrected chi connectivity index (χ3v) is 4.78. The molecular formula is C18H17Cl2N3O3. The van der Waals surface area contributed by atoms with Crippen LogP contribution in [0.25, 0.3) is 0 Å². The zero-order valence-corrected chi connectivity index (χ0v) is 15.5. The van der Waals surface area contributed by atoms with E-state index < -0.39 is 6.10 Å². The first-order valence-corrected chi connectivity index (χ1v) is 8.71. The first kappa shape index (κ1) is 18.4. The normalized spacial score (nSPS) is 15.7. The van der Waals surface area contributed by atoms with Crippen molar-refractivity contribution in [2.75, 3.05) is 30.4 Å². The Bertz CT molecular complexity index is 844. The van der Waals surface area contributed by atoms with E-state index in [4.69, 9.17) is 27.9 Å². The number of carbonyl (C=O) groups excluding carboxylic acids is 2. The quantitative estimate of drug-likeness (QED) is 0.837. The molecule has 2 aromatic carbocycles. The highest BCUT2D eigenvalue weighted by atomic mass is 35.5. The highest BCUT2D eigenvalue weighted by molar-refractivity contribution is 6.44. The van der Waals surface area contributed by atoms with Gasteiger partial charge in [0.2, 0.25) is 5.91 Å². The second kappa shape index (κ2) is 7.85. The Hall–Kier alpha value is -2.44. The Balaban J connectivity index is 1.78. The summed E-state index contributed by atoms with van der Waals surface area (Å²) >= 11 is 12.1. The molecule has 1 aliphatic rings. The lowest BCUT2D eigenvalue weighted by Crippen LogP contribution is -2.50. The van der Waals surface area contributed by atoms with Crippen LogP contribution in [0.15, 0.2) is 42.5 Å². The fraction of sp³-hybridized carbons (Fsp3) is 0.222. The summed E-state index contributed by atoms with van der Waals surface area (Å²) in [6.07, 6.45) is -0.697. The molecular weight excluding hydrogens is 377 g/mol. The second-order valence-corrected chi connectivity index (χ2v) is 6.50. The molecule has 26 heavy (non-hydrogen) atoms. The first-order chi connectivity index (χ1) is 12.5. The van der Waals surface area contributed by atoms with E-state index in [0.717, 1.165) is 5.69 Å². The van der Waals surface area contributed by atoms with Crippen molar-refractivity contribution < 1.29 is 14.3 Å². The van der Waals surface area contributed by atoms with E-state index in [1.807, 2.05) is 18.2 Å². The van der Waals surface area contributed by atoms with Gasteiger partial charge in [-0.2, -0.15) is 0 Å². The summed E-state index contributed by atoms with van der Waals surface area (Å²) in [7, 11) is 1.55. The maximum Gasteiger partial charge on any atom is 0.262 e. The Labute approximate surface area is 161 Å². The zero-order valence-electron chi connectivity index (χ0n) is 14.0. The molecule has 0 aliphatic carbocycles. The maximum atomic E-state index is 12.5. The number of halogens is 2. The molecule has 0 fully saturated rings. The van der Waals surface area contributed by atoms with E-state index >= 15 is 0 Å². The van der Waals surface area contributed by atoms with Crippen LogP contribution in [0, 0.1) is 0 Å². The van der Waals surface area contributed by atoms with Gasteiger partial charge >= 0.3 is 0 Å². The summed E-state index contributed by atoms with van der Waals surface area (Å²) in [5.74, 6) is 0.0326. The van der Waals surface area contributed by atoms with Gasteiger partial charge in [0, 0.05) is 7.05 Å². The number of hydrogen-bond donors (Lipinski definition) is 2. The van der Waals surface area contributed by atoms with E-state index in [2.05, 4.69) is 10.6 Å². The molecule has 8 heteroatoms. The van der Waals surface area contributed by atoms with E-state index in [1.165, 1.54) is 0 Å². The average Bonchev–Trinajstić information content (AvgIpc) is 2.64. The number of anilines is 2. The molecule has 2 amide bonds. The topological polar surface area (TPSA) is 70.7 Å². The fourth-order valence-corrected chi connectivity index (χ4v) is 3.07. The van der Waals surface area contributed by atoms with Crippen LogP contribution < -0.4 is 20.3 Å². The smallest absolute Gasteiger partial charge is 0.262 e. The second-order valence-electron chi connectivity index (χ2n) is 5.72. The van der Waals surface area contributed by atoms with Crippen molar-refractivity contribution in [1.82, 2.24) is 5.32 Å². The van der Waals surface area contributed by atoms with Gasteiger partial charge in [-0.25, -0.2) is 0 Å². The largest absolute Gasteiger partial charge is 0.477 e. The number of para-hydroxylation sites is 2. The van der Waals surface area contributed by atoms with Gasteiger partial charge in [0.05, 0.1) is 34.5 Å². The number of likely N-dealkylation sites (N-methyl/N-ethyl adjacent to an activating group) is 1. The van der Waals surface area contributed by atoms with Crippen LogP contribution in [0.2, 0.25) is 10.0 Å². The Morgan fingerprint density at radius 1 is 1.19 bits per heavy atom. The molecule has 0 bridgehead atoms. The van der Waals surface area contributed by atoms with Crippen molar-refractivity contribution in [2.45, 2.75) is 6.10 Å². The van der Waals surface area contributed by atoms with Crippen LogP contribution in [0.4, 0.5) is 11.4 Å². The van der Waals surface area contributed by atoms with Gasteiger partial charge in [-0.3, -0.25) is 9.59 Å². The average molecular weight is 394 g/mol. The number of fused-ring (bicyclic) bond motifs is 1. The summed E-state index contributed by atoms with van der Waals surface area (Å²) < 4.78 is 5.73. The minimum Gasteiger partial charge on any atom is -0.477 e. The highest BCUT2D eigenvalue weighted by Crippen LogP contribution is 2.33. The van der Waals surface area contributed by atoms with Crippen molar-refractivity contribution >= 4 is 46.4 Å². The number of ether oxygens (including phenoxy) is 1. The Morgan fingerprint density at radius 2 is 1.96 bits per heavy atom. The van der Waals surface area contributed by atoms with Crippen LogP contribution in [-0.2, 0) is 9.59 Å². The van der Waals surface area contributed by atoms with Crippen LogP contribution in [0.1, 0.15) is 0 Å². The van der Waals surface area contributed by atoms with Crippen LogP contribution in [-0.4, -0.2) is 38.1 Å². The number of hydrogen-bond acceptors (Lipinski definition) is 4. The first-order valence-electron chi connectivity index (χ1n) is 7.95. The van der Waals surface area contributed by atoms with E-state index in [9.17, 15) is 9.59 Å². The molecule has 1 heterocycles. The van der Waals surface area contributed by atoms with Crippen molar-refractivity contribution in [2.24, 2.45) is 0 Å². The van der Waals surface area contributed by atoms with Gasteiger partial charge < -0.3 is 20.3 Å². The third kappa shape index (κ3) is 3.86. The molecule has 3 rings (SSSR count). The summed E-state index contributed by atoms with van der Waals surface area (Å²) in [5.41, 5.74) is 1.19. The van der Waals surface area contributed by atoms with Gasteiger partial charge in [0.1, 0.15) is 5.75 Å². The molecule has 136 valence electrons. The van der Waals surface area contributed by atoms with Gasteiger partial charge in [0.25, 0.3) is 5.91 Å². The minimum atomic E-state index is -0.697. The van der Waals surface area contributed by atoms with E-state index in [1.54, 1.807) is 36.2 Å². The lowest BCUT2D eigenvalue weighted by atomic mass is 10.1. The number of nitrogens with zero attached hydrogens (tertiary/aromatic N) is 1. The zero-order chi connectivity index (χ0) is 18.7. The van der Waals surface area contributed by atoms with Crippen LogP contribution in [0.5, 0.6) is 5.75 Å². The molecule has 6 nitrogen and oxygen atoms in total. The van der Waals surface area contributed by atoms with Gasteiger partial charge in [-0.1, -0.05) is 41.4 Å².